The molecule has 0 aliphatic carbocycles. The van der Waals surface area contributed by atoms with Crippen molar-refractivity contribution >= 4 is 17.7 Å². The molecule has 0 fully saturated rings. The standard InChI is InChI=1S/C14H20O2S/c1-3-4-7-10-17-11-12-8-5-6-9-13(12)14(15)16-2/h5-6,8-9H,3-4,7,10-11H2,1-2H3. The van der Waals surface area contributed by atoms with Crippen molar-refractivity contribution in [2.45, 2.75) is 31.9 Å². The lowest BCUT2D eigenvalue weighted by Crippen LogP contribution is -2.04. The van der Waals surface area contributed by atoms with E-state index in [1.54, 1.807) is 0 Å². The van der Waals surface area contributed by atoms with E-state index in [-0.39, 0.29) is 5.97 Å². The Balaban J connectivity index is 2.49. The van der Waals surface area contributed by atoms with Crippen LogP contribution in [0.3, 0.4) is 0 Å². The van der Waals surface area contributed by atoms with E-state index in [9.17, 15) is 4.79 Å². The molecular weight excluding hydrogens is 232 g/mol. The van der Waals surface area contributed by atoms with Gasteiger partial charge in [0.25, 0.3) is 0 Å². The number of thioether (sulfide) groups is 1. The zero-order valence-corrected chi connectivity index (χ0v) is 11.4. The van der Waals surface area contributed by atoms with Crippen LogP contribution in [0.5, 0.6) is 0 Å². The van der Waals surface area contributed by atoms with Gasteiger partial charge >= 0.3 is 5.97 Å². The number of benzene rings is 1. The first-order valence-corrected chi connectivity index (χ1v) is 7.19. The van der Waals surface area contributed by atoms with Crippen LogP contribution >= 0.6 is 11.8 Å². The molecule has 0 heterocycles. The number of carbonyl (C=O) groups excluding carboxylic acids is 1. The molecule has 0 amide bonds. The Bertz CT molecular complexity index is 350. The fourth-order valence-corrected chi connectivity index (χ4v) is 2.62. The summed E-state index contributed by atoms with van der Waals surface area (Å²) in [4.78, 5) is 11.5. The minimum atomic E-state index is -0.241. The highest BCUT2D eigenvalue weighted by molar-refractivity contribution is 7.98. The summed E-state index contributed by atoms with van der Waals surface area (Å²) in [5.41, 5.74) is 1.76. The molecule has 0 unspecified atom stereocenters. The summed E-state index contributed by atoms with van der Waals surface area (Å²) in [6.07, 6.45) is 3.78. The van der Waals surface area contributed by atoms with Gasteiger partial charge in [-0.05, 0) is 23.8 Å². The molecule has 1 aromatic rings. The molecule has 0 saturated carbocycles. The van der Waals surface area contributed by atoms with Gasteiger partial charge in [0.05, 0.1) is 12.7 Å². The van der Waals surface area contributed by atoms with Gasteiger partial charge in [-0.3, -0.25) is 0 Å². The fourth-order valence-electron chi connectivity index (χ4n) is 1.59. The molecule has 0 atom stereocenters. The number of carbonyl (C=O) groups is 1. The van der Waals surface area contributed by atoms with Crippen LogP contribution < -0.4 is 0 Å². The average Bonchev–Trinajstić information content (AvgIpc) is 2.38. The number of hydrogen-bond acceptors (Lipinski definition) is 3. The Hall–Kier alpha value is -0.960. The van der Waals surface area contributed by atoms with Crippen LogP contribution in [-0.2, 0) is 10.5 Å². The van der Waals surface area contributed by atoms with E-state index in [1.165, 1.54) is 26.4 Å². The summed E-state index contributed by atoms with van der Waals surface area (Å²) in [6, 6.07) is 7.67. The van der Waals surface area contributed by atoms with Gasteiger partial charge in [0.1, 0.15) is 0 Å². The molecule has 0 radical (unpaired) electrons. The van der Waals surface area contributed by atoms with Crippen molar-refractivity contribution in [3.8, 4) is 0 Å². The third kappa shape index (κ3) is 4.82. The second-order valence-electron chi connectivity index (χ2n) is 3.91. The second-order valence-corrected chi connectivity index (χ2v) is 5.01. The van der Waals surface area contributed by atoms with E-state index >= 15 is 0 Å². The van der Waals surface area contributed by atoms with Crippen molar-refractivity contribution in [3.05, 3.63) is 35.4 Å². The molecule has 0 N–H and O–H groups in total. The smallest absolute Gasteiger partial charge is 0.338 e. The number of methoxy groups -OCH3 is 1. The van der Waals surface area contributed by atoms with E-state index < -0.39 is 0 Å². The second kappa shape index (κ2) is 8.18. The fraction of sp³-hybridized carbons (Fsp3) is 0.500. The minimum absolute atomic E-state index is 0.241. The van der Waals surface area contributed by atoms with Gasteiger partial charge < -0.3 is 4.74 Å². The predicted octanol–water partition coefficient (Wildman–Crippen LogP) is 3.90. The maximum absolute atomic E-state index is 11.5. The Morgan fingerprint density at radius 3 is 2.76 bits per heavy atom. The van der Waals surface area contributed by atoms with Gasteiger partial charge in [-0.1, -0.05) is 38.0 Å². The van der Waals surface area contributed by atoms with Crippen molar-refractivity contribution in [3.63, 3.8) is 0 Å². The van der Waals surface area contributed by atoms with Crippen molar-refractivity contribution in [1.82, 2.24) is 0 Å². The topological polar surface area (TPSA) is 26.3 Å². The van der Waals surface area contributed by atoms with Gasteiger partial charge in [0.15, 0.2) is 0 Å². The number of ether oxygens (including phenoxy) is 1. The lowest BCUT2D eigenvalue weighted by atomic mass is 10.1. The molecule has 2 nitrogen and oxygen atoms in total. The highest BCUT2D eigenvalue weighted by atomic mass is 32.2. The largest absolute Gasteiger partial charge is 0.465 e. The third-order valence-electron chi connectivity index (χ3n) is 2.57. The first-order valence-electron chi connectivity index (χ1n) is 6.03. The van der Waals surface area contributed by atoms with E-state index in [0.29, 0.717) is 5.56 Å². The number of unbranched alkanes of at least 4 members (excludes halogenated alkanes) is 2. The minimum Gasteiger partial charge on any atom is -0.465 e. The SMILES string of the molecule is CCCCCSCc1ccccc1C(=O)OC. The van der Waals surface area contributed by atoms with Gasteiger partial charge in [0.2, 0.25) is 0 Å². The molecular formula is C14H20O2S. The van der Waals surface area contributed by atoms with E-state index in [1.807, 2.05) is 36.0 Å². The molecule has 0 bridgehead atoms. The first kappa shape index (κ1) is 14.1. The van der Waals surface area contributed by atoms with Crippen LogP contribution in [0.1, 0.15) is 42.1 Å². The molecule has 1 aromatic carbocycles. The van der Waals surface area contributed by atoms with Crippen LogP contribution in [-0.4, -0.2) is 18.8 Å². The predicted molar refractivity (Wildman–Crippen MR) is 73.5 cm³/mol. The Labute approximate surface area is 108 Å². The lowest BCUT2D eigenvalue weighted by molar-refractivity contribution is 0.0600. The van der Waals surface area contributed by atoms with Crippen molar-refractivity contribution in [2.24, 2.45) is 0 Å². The Morgan fingerprint density at radius 1 is 1.29 bits per heavy atom. The zero-order valence-electron chi connectivity index (χ0n) is 10.6. The normalized spacial score (nSPS) is 10.2. The molecule has 0 aliphatic rings. The molecule has 1 rings (SSSR count). The number of hydrogen-bond donors (Lipinski definition) is 0. The maximum atomic E-state index is 11.5. The average molecular weight is 252 g/mol. The summed E-state index contributed by atoms with van der Waals surface area (Å²) < 4.78 is 4.77. The van der Waals surface area contributed by atoms with Crippen LogP contribution in [0, 0.1) is 0 Å². The first-order chi connectivity index (χ1) is 8.29. The van der Waals surface area contributed by atoms with Crippen LogP contribution in [0.4, 0.5) is 0 Å². The number of esters is 1. The van der Waals surface area contributed by atoms with Gasteiger partial charge in [-0.25, -0.2) is 4.79 Å². The maximum Gasteiger partial charge on any atom is 0.338 e. The van der Waals surface area contributed by atoms with Crippen molar-refractivity contribution in [2.75, 3.05) is 12.9 Å². The quantitative estimate of drug-likeness (QED) is 0.544. The molecule has 0 saturated heterocycles. The van der Waals surface area contributed by atoms with Gasteiger partial charge in [-0.2, -0.15) is 11.8 Å². The summed E-state index contributed by atoms with van der Waals surface area (Å²) in [5.74, 6) is 1.80. The third-order valence-corrected chi connectivity index (χ3v) is 3.66. The summed E-state index contributed by atoms with van der Waals surface area (Å²) in [7, 11) is 1.42. The molecule has 17 heavy (non-hydrogen) atoms. The monoisotopic (exact) mass is 252 g/mol. The summed E-state index contributed by atoms with van der Waals surface area (Å²) >= 11 is 1.88. The summed E-state index contributed by atoms with van der Waals surface area (Å²) in [5, 5.41) is 0. The summed E-state index contributed by atoms with van der Waals surface area (Å²) in [6.45, 7) is 2.21. The molecule has 94 valence electrons. The van der Waals surface area contributed by atoms with E-state index in [0.717, 1.165) is 17.1 Å². The van der Waals surface area contributed by atoms with Gasteiger partial charge in [0, 0.05) is 5.75 Å². The molecule has 0 aliphatic heterocycles. The highest BCUT2D eigenvalue weighted by Crippen LogP contribution is 2.18. The molecule has 0 aromatic heterocycles. The zero-order chi connectivity index (χ0) is 12.5. The molecule has 0 spiro atoms. The van der Waals surface area contributed by atoms with Crippen LogP contribution in [0.2, 0.25) is 0 Å². The van der Waals surface area contributed by atoms with Crippen LogP contribution in [0.15, 0.2) is 24.3 Å². The van der Waals surface area contributed by atoms with E-state index in [2.05, 4.69) is 6.92 Å². The van der Waals surface area contributed by atoms with E-state index in [4.69, 9.17) is 4.74 Å². The molecule has 3 heteroatoms. The highest BCUT2D eigenvalue weighted by Gasteiger charge is 2.10. The van der Waals surface area contributed by atoms with Crippen molar-refractivity contribution in [1.29, 1.82) is 0 Å². The lowest BCUT2D eigenvalue weighted by Gasteiger charge is -2.07. The van der Waals surface area contributed by atoms with Crippen molar-refractivity contribution < 1.29 is 9.53 Å². The Morgan fingerprint density at radius 2 is 2.06 bits per heavy atom. The Kier molecular flexibility index (Phi) is 6.78. The number of rotatable bonds is 7. The van der Waals surface area contributed by atoms with Crippen LogP contribution in [0.25, 0.3) is 0 Å². The van der Waals surface area contributed by atoms with Gasteiger partial charge in [-0.15, -0.1) is 0 Å².